The molecule has 0 fully saturated rings. The Morgan fingerprint density at radius 3 is 2.63 bits per heavy atom. The summed E-state index contributed by atoms with van der Waals surface area (Å²) in [7, 11) is 0. The van der Waals surface area contributed by atoms with Crippen LogP contribution in [0.1, 0.15) is 11.1 Å². The van der Waals surface area contributed by atoms with E-state index in [1.54, 1.807) is 24.3 Å². The minimum atomic E-state index is -0.368. The van der Waals surface area contributed by atoms with Gasteiger partial charge < -0.3 is 10.5 Å². The molecule has 19 heavy (non-hydrogen) atoms. The summed E-state index contributed by atoms with van der Waals surface area (Å²) in [4.78, 5) is 0. The second-order valence-electron chi connectivity index (χ2n) is 4.07. The number of hydrogen-bond acceptors (Lipinski definition) is 2. The van der Waals surface area contributed by atoms with Crippen molar-refractivity contribution in [2.45, 2.75) is 6.92 Å². The van der Waals surface area contributed by atoms with Gasteiger partial charge in [0.1, 0.15) is 23.2 Å². The number of nitrogens with two attached hydrogens (primary N) is 1. The SMILES string of the molecule is Cc1ccc(F)cc1Oc1ccc(C(=N)N)c(Cl)c1. The third-order valence-corrected chi connectivity index (χ3v) is 2.92. The third kappa shape index (κ3) is 3.03. The van der Waals surface area contributed by atoms with E-state index in [1.807, 2.05) is 6.92 Å². The normalized spacial score (nSPS) is 10.3. The highest BCUT2D eigenvalue weighted by molar-refractivity contribution is 6.34. The Morgan fingerprint density at radius 1 is 1.26 bits per heavy atom. The van der Waals surface area contributed by atoms with Crippen LogP contribution in [-0.2, 0) is 0 Å². The van der Waals surface area contributed by atoms with E-state index in [9.17, 15) is 4.39 Å². The summed E-state index contributed by atoms with van der Waals surface area (Å²) in [6.07, 6.45) is 0. The zero-order valence-electron chi connectivity index (χ0n) is 10.2. The number of nitrogens with one attached hydrogen (secondary N) is 1. The van der Waals surface area contributed by atoms with Crippen LogP contribution in [0, 0.1) is 18.2 Å². The Morgan fingerprint density at radius 2 is 2.00 bits per heavy atom. The summed E-state index contributed by atoms with van der Waals surface area (Å²) in [6.45, 7) is 1.82. The van der Waals surface area contributed by atoms with E-state index in [1.165, 1.54) is 12.1 Å². The molecule has 0 aliphatic heterocycles. The molecule has 0 aromatic heterocycles. The van der Waals surface area contributed by atoms with E-state index in [2.05, 4.69) is 0 Å². The van der Waals surface area contributed by atoms with Gasteiger partial charge in [0.2, 0.25) is 0 Å². The number of benzene rings is 2. The molecule has 2 aromatic carbocycles. The van der Waals surface area contributed by atoms with Crippen molar-refractivity contribution < 1.29 is 9.13 Å². The van der Waals surface area contributed by atoms with Gasteiger partial charge in [0, 0.05) is 17.7 Å². The molecule has 2 aromatic rings. The topological polar surface area (TPSA) is 59.1 Å². The molecule has 0 amide bonds. The second kappa shape index (κ2) is 5.28. The molecule has 5 heteroatoms. The van der Waals surface area contributed by atoms with Gasteiger partial charge in [0.05, 0.1) is 5.02 Å². The first-order chi connectivity index (χ1) is 8.97. The molecule has 98 valence electrons. The van der Waals surface area contributed by atoms with Crippen molar-refractivity contribution in [3.63, 3.8) is 0 Å². The number of rotatable bonds is 3. The van der Waals surface area contributed by atoms with E-state index < -0.39 is 0 Å². The summed E-state index contributed by atoms with van der Waals surface area (Å²) in [5, 5.41) is 7.65. The standard InChI is InChI=1S/C14H12ClFN2O/c1-8-2-3-9(16)6-13(8)19-10-4-5-11(14(17)18)12(15)7-10/h2-7H,1H3,(H3,17,18). The Kier molecular flexibility index (Phi) is 3.71. The highest BCUT2D eigenvalue weighted by Crippen LogP contribution is 2.29. The summed E-state index contributed by atoms with van der Waals surface area (Å²) < 4.78 is 18.7. The van der Waals surface area contributed by atoms with Crippen LogP contribution in [0.3, 0.4) is 0 Å². The lowest BCUT2D eigenvalue weighted by Crippen LogP contribution is -2.11. The minimum Gasteiger partial charge on any atom is -0.457 e. The molecule has 0 atom stereocenters. The third-order valence-electron chi connectivity index (χ3n) is 2.61. The largest absolute Gasteiger partial charge is 0.457 e. The molecular weight excluding hydrogens is 267 g/mol. The first kappa shape index (κ1) is 13.4. The Balaban J connectivity index is 2.31. The fraction of sp³-hybridized carbons (Fsp3) is 0.0714. The fourth-order valence-electron chi connectivity index (χ4n) is 1.59. The average Bonchev–Trinajstić information content (AvgIpc) is 2.33. The summed E-state index contributed by atoms with van der Waals surface area (Å²) in [6, 6.07) is 9.08. The molecule has 0 radical (unpaired) electrons. The molecule has 0 saturated carbocycles. The zero-order valence-corrected chi connectivity index (χ0v) is 11.0. The van der Waals surface area contributed by atoms with E-state index >= 15 is 0 Å². The predicted molar refractivity (Wildman–Crippen MR) is 73.7 cm³/mol. The van der Waals surface area contributed by atoms with Gasteiger partial charge in [0.25, 0.3) is 0 Å². The van der Waals surface area contributed by atoms with Crippen molar-refractivity contribution in [1.29, 1.82) is 5.41 Å². The fourth-order valence-corrected chi connectivity index (χ4v) is 1.86. The van der Waals surface area contributed by atoms with Gasteiger partial charge in [-0.05, 0) is 30.7 Å². The Labute approximate surface area is 115 Å². The van der Waals surface area contributed by atoms with Crippen molar-refractivity contribution in [2.24, 2.45) is 5.73 Å². The van der Waals surface area contributed by atoms with Gasteiger partial charge in [-0.3, -0.25) is 5.41 Å². The van der Waals surface area contributed by atoms with Crippen LogP contribution in [0.25, 0.3) is 0 Å². The predicted octanol–water partition coefficient (Wildman–Crippen LogP) is 3.86. The number of aryl methyl sites for hydroxylation is 1. The van der Waals surface area contributed by atoms with E-state index in [0.717, 1.165) is 5.56 Å². The summed E-state index contributed by atoms with van der Waals surface area (Å²) in [5.74, 6) is 0.404. The van der Waals surface area contributed by atoms with Crippen LogP contribution >= 0.6 is 11.6 Å². The summed E-state index contributed by atoms with van der Waals surface area (Å²) >= 11 is 5.99. The van der Waals surface area contributed by atoms with Crippen molar-refractivity contribution >= 4 is 17.4 Å². The quantitative estimate of drug-likeness (QED) is 0.661. The van der Waals surface area contributed by atoms with E-state index in [4.69, 9.17) is 27.5 Å². The monoisotopic (exact) mass is 278 g/mol. The van der Waals surface area contributed by atoms with Crippen LogP contribution in [0.15, 0.2) is 36.4 Å². The molecular formula is C14H12ClFN2O. The van der Waals surface area contributed by atoms with Gasteiger partial charge >= 0.3 is 0 Å². The van der Waals surface area contributed by atoms with Crippen LogP contribution < -0.4 is 10.5 Å². The van der Waals surface area contributed by atoms with Crippen molar-refractivity contribution in [3.8, 4) is 11.5 Å². The maximum Gasteiger partial charge on any atom is 0.133 e. The maximum atomic E-state index is 13.1. The number of ether oxygens (including phenoxy) is 1. The molecule has 2 rings (SSSR count). The van der Waals surface area contributed by atoms with Crippen molar-refractivity contribution in [3.05, 3.63) is 58.4 Å². The van der Waals surface area contributed by atoms with Gasteiger partial charge in [0.15, 0.2) is 0 Å². The highest BCUT2D eigenvalue weighted by atomic mass is 35.5. The van der Waals surface area contributed by atoms with Gasteiger partial charge in [-0.25, -0.2) is 4.39 Å². The lowest BCUT2D eigenvalue weighted by atomic mass is 10.2. The van der Waals surface area contributed by atoms with E-state index in [-0.39, 0.29) is 11.7 Å². The first-order valence-corrected chi connectivity index (χ1v) is 5.93. The molecule has 0 aliphatic carbocycles. The molecule has 0 aliphatic rings. The number of halogens is 2. The summed E-state index contributed by atoms with van der Waals surface area (Å²) in [5.41, 5.74) is 6.62. The van der Waals surface area contributed by atoms with Crippen LogP contribution in [-0.4, -0.2) is 5.84 Å². The molecule has 3 N–H and O–H groups in total. The lowest BCUT2D eigenvalue weighted by Gasteiger charge is -2.10. The molecule has 0 bridgehead atoms. The first-order valence-electron chi connectivity index (χ1n) is 5.55. The van der Waals surface area contributed by atoms with Crippen LogP contribution in [0.4, 0.5) is 4.39 Å². The molecule has 0 heterocycles. The number of amidine groups is 1. The van der Waals surface area contributed by atoms with E-state index in [0.29, 0.717) is 22.1 Å². The van der Waals surface area contributed by atoms with Gasteiger partial charge in [-0.15, -0.1) is 0 Å². The molecule has 3 nitrogen and oxygen atoms in total. The van der Waals surface area contributed by atoms with Crippen molar-refractivity contribution in [2.75, 3.05) is 0 Å². The molecule has 0 saturated heterocycles. The number of hydrogen-bond donors (Lipinski definition) is 2. The lowest BCUT2D eigenvalue weighted by molar-refractivity contribution is 0.473. The maximum absolute atomic E-state index is 13.1. The smallest absolute Gasteiger partial charge is 0.133 e. The second-order valence-corrected chi connectivity index (χ2v) is 4.47. The van der Waals surface area contributed by atoms with Gasteiger partial charge in [-0.2, -0.15) is 0 Å². The number of nitrogen functional groups attached to an aromatic ring is 1. The highest BCUT2D eigenvalue weighted by Gasteiger charge is 2.07. The van der Waals surface area contributed by atoms with Gasteiger partial charge in [-0.1, -0.05) is 17.7 Å². The minimum absolute atomic E-state index is 0.113. The van der Waals surface area contributed by atoms with Crippen LogP contribution in [0.2, 0.25) is 5.02 Å². The molecule has 0 spiro atoms. The Bertz CT molecular complexity index is 643. The van der Waals surface area contributed by atoms with Crippen molar-refractivity contribution in [1.82, 2.24) is 0 Å². The van der Waals surface area contributed by atoms with Crippen LogP contribution in [0.5, 0.6) is 11.5 Å². The molecule has 0 unspecified atom stereocenters. The average molecular weight is 279 g/mol. The zero-order chi connectivity index (χ0) is 14.0. The Hall–Kier alpha value is -2.07.